The van der Waals surface area contributed by atoms with Gasteiger partial charge in [0, 0.05) is 13.2 Å². The molecule has 0 bridgehead atoms. The van der Waals surface area contributed by atoms with E-state index in [1.807, 2.05) is 0 Å². The van der Waals surface area contributed by atoms with Crippen LogP contribution in [0, 0.1) is 0 Å². The second-order valence-electron chi connectivity index (χ2n) is 8.81. The van der Waals surface area contributed by atoms with Gasteiger partial charge in [-0.25, -0.2) is 9.59 Å². The van der Waals surface area contributed by atoms with Gasteiger partial charge < -0.3 is 29.2 Å². The van der Waals surface area contributed by atoms with Crippen LogP contribution in [0.5, 0.6) is 0 Å². The summed E-state index contributed by atoms with van der Waals surface area (Å²) >= 11 is 0. The SMILES string of the molecule is CCCCCCOCCOCCc1ccc(C(=O)O)c(C(=O)O)c1CCOCCOCCCCCC. The molecular formula is C28H46O8. The molecule has 0 unspecified atom stereocenters. The first-order chi connectivity index (χ1) is 17.5. The van der Waals surface area contributed by atoms with Crippen LogP contribution in [0.3, 0.4) is 0 Å². The van der Waals surface area contributed by atoms with Crippen molar-refractivity contribution in [2.45, 2.75) is 78.1 Å². The average molecular weight is 511 g/mol. The summed E-state index contributed by atoms with van der Waals surface area (Å²) in [5, 5.41) is 19.2. The second kappa shape index (κ2) is 21.1. The number of rotatable bonds is 24. The molecule has 0 aliphatic rings. The van der Waals surface area contributed by atoms with Crippen molar-refractivity contribution in [1.82, 2.24) is 0 Å². The largest absolute Gasteiger partial charge is 0.478 e. The summed E-state index contributed by atoms with van der Waals surface area (Å²) in [6.07, 6.45) is 10.0. The van der Waals surface area contributed by atoms with E-state index in [9.17, 15) is 19.8 Å². The van der Waals surface area contributed by atoms with Crippen molar-refractivity contribution in [1.29, 1.82) is 0 Å². The van der Waals surface area contributed by atoms with Crippen molar-refractivity contribution in [3.63, 3.8) is 0 Å². The zero-order chi connectivity index (χ0) is 26.4. The molecule has 0 saturated carbocycles. The smallest absolute Gasteiger partial charge is 0.336 e. The van der Waals surface area contributed by atoms with Crippen molar-refractivity contribution in [2.24, 2.45) is 0 Å². The van der Waals surface area contributed by atoms with Gasteiger partial charge in [0.2, 0.25) is 0 Å². The number of carbonyl (C=O) groups is 2. The van der Waals surface area contributed by atoms with E-state index in [4.69, 9.17) is 18.9 Å². The van der Waals surface area contributed by atoms with Gasteiger partial charge in [-0.2, -0.15) is 0 Å². The van der Waals surface area contributed by atoms with E-state index in [0.717, 1.165) is 31.4 Å². The maximum atomic E-state index is 12.0. The van der Waals surface area contributed by atoms with Crippen LogP contribution in [-0.2, 0) is 31.8 Å². The van der Waals surface area contributed by atoms with E-state index >= 15 is 0 Å². The minimum absolute atomic E-state index is 0.175. The second-order valence-corrected chi connectivity index (χ2v) is 8.81. The Morgan fingerprint density at radius 2 is 1.11 bits per heavy atom. The minimum Gasteiger partial charge on any atom is -0.478 e. The average Bonchev–Trinajstić information content (AvgIpc) is 2.86. The number of unbranched alkanes of at least 4 members (excludes halogenated alkanes) is 6. The molecule has 1 aromatic rings. The zero-order valence-corrected chi connectivity index (χ0v) is 22.2. The molecule has 0 atom stereocenters. The van der Waals surface area contributed by atoms with E-state index < -0.39 is 11.9 Å². The molecule has 36 heavy (non-hydrogen) atoms. The molecule has 0 aromatic heterocycles. The number of hydrogen-bond donors (Lipinski definition) is 2. The quantitative estimate of drug-likeness (QED) is 0.178. The van der Waals surface area contributed by atoms with Crippen molar-refractivity contribution >= 4 is 11.9 Å². The van der Waals surface area contributed by atoms with Crippen molar-refractivity contribution in [3.05, 3.63) is 34.4 Å². The summed E-state index contributed by atoms with van der Waals surface area (Å²) in [5.74, 6) is -2.51. The molecule has 0 fully saturated rings. The van der Waals surface area contributed by atoms with E-state index in [0.29, 0.717) is 58.0 Å². The zero-order valence-electron chi connectivity index (χ0n) is 22.2. The molecule has 2 N–H and O–H groups in total. The third-order valence-electron chi connectivity index (χ3n) is 5.89. The van der Waals surface area contributed by atoms with Gasteiger partial charge in [0.1, 0.15) is 0 Å². The highest BCUT2D eigenvalue weighted by atomic mass is 16.5. The third-order valence-corrected chi connectivity index (χ3v) is 5.89. The van der Waals surface area contributed by atoms with Crippen LogP contribution in [0.2, 0.25) is 0 Å². The van der Waals surface area contributed by atoms with E-state index in [2.05, 4.69) is 13.8 Å². The predicted molar refractivity (Wildman–Crippen MR) is 139 cm³/mol. The molecule has 0 heterocycles. The molecule has 8 heteroatoms. The lowest BCUT2D eigenvalue weighted by Crippen LogP contribution is -2.17. The molecular weight excluding hydrogens is 464 g/mol. The van der Waals surface area contributed by atoms with Gasteiger partial charge in [0.25, 0.3) is 0 Å². The predicted octanol–water partition coefficient (Wildman–Crippen LogP) is 5.40. The summed E-state index contributed by atoms with van der Waals surface area (Å²) < 4.78 is 22.4. The molecule has 206 valence electrons. The lowest BCUT2D eigenvalue weighted by molar-refractivity contribution is 0.0461. The van der Waals surface area contributed by atoms with Gasteiger partial charge in [0.15, 0.2) is 0 Å². The van der Waals surface area contributed by atoms with E-state index in [1.54, 1.807) is 6.07 Å². The Bertz CT molecular complexity index is 735. The topological polar surface area (TPSA) is 112 Å². The Hall–Kier alpha value is -2.00. The van der Waals surface area contributed by atoms with Crippen LogP contribution in [0.4, 0.5) is 0 Å². The van der Waals surface area contributed by atoms with Crippen LogP contribution in [0.1, 0.15) is 97.1 Å². The van der Waals surface area contributed by atoms with Gasteiger partial charge in [0.05, 0.1) is 50.8 Å². The highest BCUT2D eigenvalue weighted by molar-refractivity contribution is 6.03. The molecule has 0 radical (unpaired) electrons. The number of benzene rings is 1. The lowest BCUT2D eigenvalue weighted by Gasteiger charge is -2.16. The summed E-state index contributed by atoms with van der Waals surface area (Å²) in [6, 6.07) is 3.04. The molecule has 0 aliphatic heterocycles. The standard InChI is InChI=1S/C28H46O8/c1-3-5-7-9-15-33-19-21-35-17-13-23-11-12-25(27(29)30)26(28(31)32)24(23)14-18-36-22-20-34-16-10-8-6-4-2/h11-12H,3-10,13-22H2,1-2H3,(H,29,30)(H,31,32). The number of carboxylic acid groups (broad SMARTS) is 2. The lowest BCUT2D eigenvalue weighted by atomic mass is 9.92. The van der Waals surface area contributed by atoms with Crippen LogP contribution in [-0.4, -0.2) is 75.0 Å². The molecule has 0 spiro atoms. The Morgan fingerprint density at radius 3 is 1.58 bits per heavy atom. The molecule has 0 amide bonds. The monoisotopic (exact) mass is 510 g/mol. The first-order valence-electron chi connectivity index (χ1n) is 13.4. The van der Waals surface area contributed by atoms with Crippen LogP contribution >= 0.6 is 0 Å². The third kappa shape index (κ3) is 13.9. The first kappa shape index (κ1) is 32.0. The van der Waals surface area contributed by atoms with Crippen molar-refractivity contribution < 1.29 is 38.7 Å². The van der Waals surface area contributed by atoms with Gasteiger partial charge >= 0.3 is 11.9 Å². The van der Waals surface area contributed by atoms with Gasteiger partial charge in [-0.05, 0) is 42.9 Å². The fraction of sp³-hybridized carbons (Fsp3) is 0.714. The fourth-order valence-electron chi connectivity index (χ4n) is 3.90. The number of aromatic carboxylic acids is 2. The van der Waals surface area contributed by atoms with Crippen LogP contribution in [0.25, 0.3) is 0 Å². The molecule has 1 rings (SSSR count). The van der Waals surface area contributed by atoms with E-state index in [-0.39, 0.29) is 17.7 Å². The normalized spacial score (nSPS) is 11.2. The van der Waals surface area contributed by atoms with Crippen molar-refractivity contribution in [3.8, 4) is 0 Å². The van der Waals surface area contributed by atoms with Crippen molar-refractivity contribution in [2.75, 3.05) is 52.9 Å². The Kier molecular flexibility index (Phi) is 18.8. The maximum Gasteiger partial charge on any atom is 0.336 e. The summed E-state index contributed by atoms with van der Waals surface area (Å²) in [5.41, 5.74) is 0.854. The molecule has 0 saturated heterocycles. The highest BCUT2D eigenvalue weighted by Gasteiger charge is 2.22. The fourth-order valence-corrected chi connectivity index (χ4v) is 3.90. The Balaban J connectivity index is 2.53. The van der Waals surface area contributed by atoms with Gasteiger partial charge in [-0.1, -0.05) is 58.4 Å². The number of hydrogen-bond acceptors (Lipinski definition) is 6. The summed E-state index contributed by atoms with van der Waals surface area (Å²) in [6.45, 7) is 8.33. The number of carboxylic acids is 2. The Labute approximate surface area is 216 Å². The first-order valence-corrected chi connectivity index (χ1v) is 13.4. The van der Waals surface area contributed by atoms with Gasteiger partial charge in [-0.15, -0.1) is 0 Å². The number of ether oxygens (including phenoxy) is 4. The summed E-state index contributed by atoms with van der Waals surface area (Å²) in [4.78, 5) is 23.6. The van der Waals surface area contributed by atoms with E-state index in [1.165, 1.54) is 38.2 Å². The molecule has 1 aromatic carbocycles. The van der Waals surface area contributed by atoms with Gasteiger partial charge in [-0.3, -0.25) is 0 Å². The molecule has 0 aliphatic carbocycles. The maximum absolute atomic E-state index is 12.0. The molecule has 8 nitrogen and oxygen atoms in total. The summed E-state index contributed by atoms with van der Waals surface area (Å²) in [7, 11) is 0. The highest BCUT2D eigenvalue weighted by Crippen LogP contribution is 2.22. The van der Waals surface area contributed by atoms with Crippen LogP contribution in [0.15, 0.2) is 12.1 Å². The minimum atomic E-state index is -1.26. The van der Waals surface area contributed by atoms with Crippen LogP contribution < -0.4 is 0 Å². The Morgan fingerprint density at radius 1 is 0.611 bits per heavy atom.